The number of carboxylic acid groups (broad SMARTS) is 1. The number of hydrogen-bond acceptors (Lipinski definition) is 2. The van der Waals surface area contributed by atoms with Gasteiger partial charge in [0.15, 0.2) is 5.78 Å². The number of hydrogen-bond donors (Lipinski definition) is 1. The maximum Gasteiger partial charge on any atom is 0.303 e. The van der Waals surface area contributed by atoms with Crippen molar-refractivity contribution in [2.45, 2.75) is 12.8 Å². The van der Waals surface area contributed by atoms with E-state index in [0.717, 1.165) is 0 Å². The Labute approximate surface area is 106 Å². The van der Waals surface area contributed by atoms with Crippen molar-refractivity contribution in [3.8, 4) is 0 Å². The fourth-order valence-electron chi connectivity index (χ4n) is 1.68. The first kappa shape index (κ1) is 13.9. The fourth-order valence-corrected chi connectivity index (χ4v) is 1.68. The molecule has 0 aliphatic rings. The van der Waals surface area contributed by atoms with Crippen LogP contribution in [0.2, 0.25) is 0 Å². The minimum Gasteiger partial charge on any atom is -0.481 e. The number of carbonyl (C=O) groups is 2. The third-order valence-electron chi connectivity index (χ3n) is 2.74. The van der Waals surface area contributed by atoms with Crippen LogP contribution >= 0.6 is 0 Å². The van der Waals surface area contributed by atoms with E-state index in [1.54, 1.807) is 24.3 Å². The second-order valence-electron chi connectivity index (χ2n) is 4.07. The van der Waals surface area contributed by atoms with E-state index < -0.39 is 11.9 Å². The minimum absolute atomic E-state index is 0.0788. The normalized spacial score (nSPS) is 11.6. The molecule has 94 valence electrons. The highest BCUT2D eigenvalue weighted by molar-refractivity contribution is 5.96. The molecular formula is C15H16O3. The first-order chi connectivity index (χ1) is 8.54. The molecule has 1 unspecified atom stereocenters. The molecule has 1 atom stereocenters. The SMILES string of the molecule is C=CC(=C)C(CC(=O)O)CC(=O)c1ccccc1. The lowest BCUT2D eigenvalue weighted by molar-refractivity contribution is -0.137. The Hall–Kier alpha value is -2.16. The van der Waals surface area contributed by atoms with E-state index in [1.165, 1.54) is 6.08 Å². The second-order valence-corrected chi connectivity index (χ2v) is 4.07. The maximum absolute atomic E-state index is 12.0. The van der Waals surface area contributed by atoms with Crippen LogP contribution < -0.4 is 0 Å². The van der Waals surface area contributed by atoms with Crippen LogP contribution in [0.15, 0.2) is 55.1 Å². The van der Waals surface area contributed by atoms with Crippen LogP contribution in [0.4, 0.5) is 0 Å². The third kappa shape index (κ3) is 4.01. The largest absolute Gasteiger partial charge is 0.481 e. The van der Waals surface area contributed by atoms with E-state index in [-0.39, 0.29) is 18.6 Å². The predicted octanol–water partition coefficient (Wildman–Crippen LogP) is 3.09. The van der Waals surface area contributed by atoms with Gasteiger partial charge in [-0.05, 0) is 0 Å². The molecule has 0 saturated heterocycles. The fraction of sp³-hybridized carbons (Fsp3) is 0.200. The van der Waals surface area contributed by atoms with E-state index in [2.05, 4.69) is 13.2 Å². The van der Waals surface area contributed by atoms with E-state index >= 15 is 0 Å². The molecule has 1 rings (SSSR count). The minimum atomic E-state index is -0.941. The molecule has 1 aromatic rings. The van der Waals surface area contributed by atoms with Crippen molar-refractivity contribution in [2.24, 2.45) is 5.92 Å². The lowest BCUT2D eigenvalue weighted by Gasteiger charge is -2.14. The molecule has 0 saturated carbocycles. The molecule has 0 amide bonds. The summed E-state index contributed by atoms with van der Waals surface area (Å²) in [6.07, 6.45) is 1.54. The van der Waals surface area contributed by atoms with Gasteiger partial charge in [0, 0.05) is 17.9 Å². The predicted molar refractivity (Wildman–Crippen MR) is 70.5 cm³/mol. The zero-order valence-corrected chi connectivity index (χ0v) is 10.1. The summed E-state index contributed by atoms with van der Waals surface area (Å²) >= 11 is 0. The van der Waals surface area contributed by atoms with Gasteiger partial charge in [0.2, 0.25) is 0 Å². The maximum atomic E-state index is 12.0. The van der Waals surface area contributed by atoms with E-state index in [1.807, 2.05) is 6.07 Å². The average Bonchev–Trinajstić information content (AvgIpc) is 2.37. The average molecular weight is 244 g/mol. The summed E-state index contributed by atoms with van der Waals surface area (Å²) < 4.78 is 0. The van der Waals surface area contributed by atoms with Gasteiger partial charge in [-0.2, -0.15) is 0 Å². The highest BCUT2D eigenvalue weighted by Crippen LogP contribution is 2.21. The summed E-state index contributed by atoms with van der Waals surface area (Å²) in [7, 11) is 0. The summed E-state index contributed by atoms with van der Waals surface area (Å²) in [5.41, 5.74) is 1.17. The van der Waals surface area contributed by atoms with E-state index in [9.17, 15) is 9.59 Å². The number of allylic oxidation sites excluding steroid dienone is 2. The molecule has 1 aromatic carbocycles. The van der Waals surface area contributed by atoms with Crippen LogP contribution in [0.1, 0.15) is 23.2 Å². The van der Waals surface area contributed by atoms with Crippen LogP contribution in [0.5, 0.6) is 0 Å². The van der Waals surface area contributed by atoms with Crippen LogP contribution in [0.25, 0.3) is 0 Å². The Balaban J connectivity index is 2.77. The smallest absolute Gasteiger partial charge is 0.303 e. The van der Waals surface area contributed by atoms with E-state index in [0.29, 0.717) is 11.1 Å². The molecule has 18 heavy (non-hydrogen) atoms. The monoisotopic (exact) mass is 244 g/mol. The summed E-state index contributed by atoms with van der Waals surface area (Å²) in [6.45, 7) is 7.30. The van der Waals surface area contributed by atoms with Crippen molar-refractivity contribution in [3.05, 3.63) is 60.7 Å². The zero-order chi connectivity index (χ0) is 13.5. The molecule has 0 aliphatic carbocycles. The van der Waals surface area contributed by atoms with Gasteiger partial charge in [0.05, 0.1) is 6.42 Å². The molecule has 0 fully saturated rings. The number of benzene rings is 1. The summed E-state index contributed by atoms with van der Waals surface area (Å²) in [6, 6.07) is 8.82. The van der Waals surface area contributed by atoms with Gasteiger partial charge >= 0.3 is 5.97 Å². The molecule has 0 aromatic heterocycles. The van der Waals surface area contributed by atoms with E-state index in [4.69, 9.17) is 5.11 Å². The number of carbonyl (C=O) groups excluding carboxylic acids is 1. The molecule has 0 aliphatic heterocycles. The van der Waals surface area contributed by atoms with Crippen molar-refractivity contribution >= 4 is 11.8 Å². The van der Waals surface area contributed by atoms with Crippen LogP contribution in [0, 0.1) is 5.92 Å². The van der Waals surface area contributed by atoms with Gasteiger partial charge in [-0.15, -0.1) is 0 Å². The quantitative estimate of drug-likeness (QED) is 0.592. The number of Topliss-reactive ketones (excluding diaryl/α,β-unsaturated/α-hetero) is 1. The molecule has 3 nitrogen and oxygen atoms in total. The van der Waals surface area contributed by atoms with Gasteiger partial charge in [0.25, 0.3) is 0 Å². The van der Waals surface area contributed by atoms with Gasteiger partial charge in [-0.25, -0.2) is 0 Å². The zero-order valence-electron chi connectivity index (χ0n) is 10.1. The highest BCUT2D eigenvalue weighted by Gasteiger charge is 2.19. The molecular weight excluding hydrogens is 228 g/mol. The van der Waals surface area contributed by atoms with Crippen LogP contribution in [-0.4, -0.2) is 16.9 Å². The molecule has 0 spiro atoms. The summed E-state index contributed by atoms with van der Waals surface area (Å²) in [5, 5.41) is 8.83. The number of carboxylic acids is 1. The van der Waals surface area contributed by atoms with Gasteiger partial charge < -0.3 is 5.11 Å². The molecule has 1 N–H and O–H groups in total. The van der Waals surface area contributed by atoms with Gasteiger partial charge in [0.1, 0.15) is 0 Å². The Morgan fingerprint density at radius 1 is 1.22 bits per heavy atom. The first-order valence-electron chi connectivity index (χ1n) is 5.66. The first-order valence-corrected chi connectivity index (χ1v) is 5.66. The topological polar surface area (TPSA) is 54.4 Å². The summed E-state index contributed by atoms with van der Waals surface area (Å²) in [5.74, 6) is -1.42. The summed E-state index contributed by atoms with van der Waals surface area (Å²) in [4.78, 5) is 22.8. The van der Waals surface area contributed by atoms with Crippen molar-refractivity contribution in [1.82, 2.24) is 0 Å². The molecule has 0 bridgehead atoms. The standard InChI is InChI=1S/C15H16O3/c1-3-11(2)13(10-15(17)18)9-14(16)12-7-5-4-6-8-12/h3-8,13H,1-2,9-10H2,(H,17,18). The Morgan fingerprint density at radius 3 is 2.33 bits per heavy atom. The van der Waals surface area contributed by atoms with Crippen LogP contribution in [-0.2, 0) is 4.79 Å². The number of ketones is 1. The Kier molecular flexibility index (Phi) is 5.06. The van der Waals surface area contributed by atoms with Crippen molar-refractivity contribution in [3.63, 3.8) is 0 Å². The lowest BCUT2D eigenvalue weighted by atomic mass is 9.89. The van der Waals surface area contributed by atoms with Gasteiger partial charge in [-0.3, -0.25) is 9.59 Å². The highest BCUT2D eigenvalue weighted by atomic mass is 16.4. The van der Waals surface area contributed by atoms with Crippen molar-refractivity contribution in [1.29, 1.82) is 0 Å². The Bertz CT molecular complexity index is 460. The second kappa shape index (κ2) is 6.55. The lowest BCUT2D eigenvalue weighted by Crippen LogP contribution is -2.14. The molecule has 0 radical (unpaired) electrons. The Morgan fingerprint density at radius 2 is 1.83 bits per heavy atom. The van der Waals surface area contributed by atoms with Gasteiger partial charge in [-0.1, -0.05) is 55.1 Å². The van der Waals surface area contributed by atoms with Crippen LogP contribution in [0.3, 0.4) is 0 Å². The van der Waals surface area contributed by atoms with Crippen molar-refractivity contribution < 1.29 is 14.7 Å². The molecule has 3 heteroatoms. The third-order valence-corrected chi connectivity index (χ3v) is 2.74. The van der Waals surface area contributed by atoms with Crippen molar-refractivity contribution in [2.75, 3.05) is 0 Å². The number of aliphatic carboxylic acids is 1. The number of rotatable bonds is 7. The molecule has 0 heterocycles.